The maximum Gasteiger partial charge on any atom is 0.222 e. The lowest BCUT2D eigenvalue weighted by molar-refractivity contribution is 0.482. The normalized spacial score (nSPS) is 10.6. The topological polar surface area (TPSA) is 110 Å². The first-order valence-corrected chi connectivity index (χ1v) is 9.57. The Morgan fingerprint density at radius 1 is 0.938 bits per heavy atom. The van der Waals surface area contributed by atoms with Crippen LogP contribution in [0.4, 0.5) is 21.8 Å². The van der Waals surface area contributed by atoms with Crippen molar-refractivity contribution in [3.63, 3.8) is 0 Å². The molecule has 0 aliphatic rings. The average molecular weight is 424 g/mol. The molecule has 3 N–H and O–H groups in total. The summed E-state index contributed by atoms with van der Waals surface area (Å²) in [5.74, 6) is 1.50. The van der Waals surface area contributed by atoms with Gasteiger partial charge >= 0.3 is 0 Å². The van der Waals surface area contributed by atoms with Crippen molar-refractivity contribution < 1.29 is 9.13 Å². The number of hydrogen-bond donors (Lipinski definition) is 2. The summed E-state index contributed by atoms with van der Waals surface area (Å²) >= 11 is 0. The van der Waals surface area contributed by atoms with Crippen LogP contribution in [0.1, 0.15) is 17.0 Å². The van der Waals surface area contributed by atoms with Gasteiger partial charge in [0.15, 0.2) is 0 Å². The molecule has 0 atom stereocenters. The number of anilines is 3. The number of pyridine rings is 1. The molecule has 32 heavy (non-hydrogen) atoms. The second-order valence-electron chi connectivity index (χ2n) is 6.66. The van der Waals surface area contributed by atoms with Crippen LogP contribution in [0.5, 0.6) is 11.5 Å². The number of nitrogens with two attached hydrogens (primary N) is 1. The monoisotopic (exact) mass is 424 g/mol. The van der Waals surface area contributed by atoms with Gasteiger partial charge in [-0.15, -0.1) is 0 Å². The molecular formula is C24H17FN6O. The molecule has 4 aromatic rings. The molecule has 0 aliphatic carbocycles. The number of nitriles is 1. The van der Waals surface area contributed by atoms with Gasteiger partial charge in [-0.2, -0.15) is 10.2 Å². The molecule has 0 saturated heterocycles. The lowest BCUT2D eigenvalue weighted by atomic mass is 10.2. The first-order valence-electron chi connectivity index (χ1n) is 9.57. The van der Waals surface area contributed by atoms with E-state index in [1.54, 1.807) is 48.5 Å². The van der Waals surface area contributed by atoms with Gasteiger partial charge in [-0.25, -0.2) is 14.4 Å². The predicted octanol–water partition coefficient (Wildman–Crippen LogP) is 5.17. The minimum atomic E-state index is -0.288. The molecule has 2 heterocycles. The quantitative estimate of drug-likeness (QED) is 0.439. The van der Waals surface area contributed by atoms with E-state index in [0.29, 0.717) is 23.0 Å². The van der Waals surface area contributed by atoms with E-state index in [1.165, 1.54) is 18.3 Å². The SMILES string of the molecule is N#Cc1cc(Oc2ccc(Nc3cc(/C=C/c4ccc(F)cc4)nc(N)n3)cc2)ccn1. The highest BCUT2D eigenvalue weighted by Gasteiger charge is 2.04. The smallest absolute Gasteiger partial charge is 0.222 e. The predicted molar refractivity (Wildman–Crippen MR) is 121 cm³/mol. The number of halogens is 1. The second kappa shape index (κ2) is 9.36. The van der Waals surface area contributed by atoms with E-state index >= 15 is 0 Å². The number of benzene rings is 2. The van der Waals surface area contributed by atoms with Crippen molar-refractivity contribution in [3.05, 3.63) is 95.7 Å². The molecule has 0 aliphatic heterocycles. The second-order valence-corrected chi connectivity index (χ2v) is 6.66. The Morgan fingerprint density at radius 3 is 2.47 bits per heavy atom. The van der Waals surface area contributed by atoms with E-state index in [-0.39, 0.29) is 17.5 Å². The number of nitrogen functional groups attached to an aromatic ring is 1. The van der Waals surface area contributed by atoms with Crippen LogP contribution < -0.4 is 15.8 Å². The van der Waals surface area contributed by atoms with Crippen molar-refractivity contribution in [1.82, 2.24) is 15.0 Å². The van der Waals surface area contributed by atoms with Gasteiger partial charge in [0.25, 0.3) is 0 Å². The molecule has 0 unspecified atom stereocenters. The molecule has 2 aromatic carbocycles. The summed E-state index contributed by atoms with van der Waals surface area (Å²) in [5, 5.41) is 12.1. The summed E-state index contributed by atoms with van der Waals surface area (Å²) in [4.78, 5) is 12.3. The number of ether oxygens (including phenoxy) is 1. The third kappa shape index (κ3) is 5.43. The Balaban J connectivity index is 1.45. The Kier molecular flexibility index (Phi) is 6.00. The number of hydrogen-bond acceptors (Lipinski definition) is 7. The molecule has 0 amide bonds. The summed E-state index contributed by atoms with van der Waals surface area (Å²) in [6, 6.07) is 20.3. The molecule has 4 rings (SSSR count). The van der Waals surface area contributed by atoms with Crippen LogP contribution in [0.3, 0.4) is 0 Å². The van der Waals surface area contributed by atoms with Crippen molar-refractivity contribution in [2.24, 2.45) is 0 Å². The number of rotatable bonds is 6. The minimum Gasteiger partial charge on any atom is -0.457 e. The van der Waals surface area contributed by atoms with Crippen LogP contribution >= 0.6 is 0 Å². The lowest BCUT2D eigenvalue weighted by Gasteiger charge is -2.09. The Bertz CT molecular complexity index is 1300. The lowest BCUT2D eigenvalue weighted by Crippen LogP contribution is -2.01. The van der Waals surface area contributed by atoms with E-state index in [4.69, 9.17) is 15.7 Å². The third-order valence-corrected chi connectivity index (χ3v) is 4.29. The molecule has 0 fully saturated rings. The summed E-state index contributed by atoms with van der Waals surface area (Å²) in [6.07, 6.45) is 5.11. The van der Waals surface area contributed by atoms with Crippen LogP contribution in [0.2, 0.25) is 0 Å². The highest BCUT2D eigenvalue weighted by molar-refractivity contribution is 5.70. The maximum atomic E-state index is 13.0. The van der Waals surface area contributed by atoms with Crippen molar-refractivity contribution in [1.29, 1.82) is 5.26 Å². The van der Waals surface area contributed by atoms with E-state index in [1.807, 2.05) is 24.3 Å². The third-order valence-electron chi connectivity index (χ3n) is 4.29. The number of nitrogens with zero attached hydrogens (tertiary/aromatic N) is 4. The molecule has 156 valence electrons. The van der Waals surface area contributed by atoms with E-state index < -0.39 is 0 Å². The van der Waals surface area contributed by atoms with Gasteiger partial charge in [-0.3, -0.25) is 0 Å². The Hall–Kier alpha value is -4.77. The van der Waals surface area contributed by atoms with Crippen LogP contribution in [0.25, 0.3) is 12.2 Å². The fraction of sp³-hybridized carbons (Fsp3) is 0. The first kappa shape index (κ1) is 20.5. The highest BCUT2D eigenvalue weighted by atomic mass is 19.1. The first-order chi connectivity index (χ1) is 15.6. The molecule has 0 bridgehead atoms. The fourth-order valence-corrected chi connectivity index (χ4v) is 2.82. The molecular weight excluding hydrogens is 407 g/mol. The molecule has 0 spiro atoms. The molecule has 7 nitrogen and oxygen atoms in total. The van der Waals surface area contributed by atoms with Crippen molar-refractivity contribution >= 4 is 29.6 Å². The Labute approximate surface area is 183 Å². The van der Waals surface area contributed by atoms with Crippen LogP contribution in [-0.2, 0) is 0 Å². The summed E-state index contributed by atoms with van der Waals surface area (Å²) in [5.41, 5.74) is 8.34. The van der Waals surface area contributed by atoms with Crippen LogP contribution in [0.15, 0.2) is 72.9 Å². The zero-order valence-electron chi connectivity index (χ0n) is 16.7. The largest absolute Gasteiger partial charge is 0.457 e. The van der Waals surface area contributed by atoms with Gasteiger partial charge in [0.1, 0.15) is 34.9 Å². The zero-order chi connectivity index (χ0) is 22.3. The van der Waals surface area contributed by atoms with Gasteiger partial charge in [-0.1, -0.05) is 18.2 Å². The average Bonchev–Trinajstić information content (AvgIpc) is 2.80. The van der Waals surface area contributed by atoms with Gasteiger partial charge in [-0.05, 0) is 54.1 Å². The van der Waals surface area contributed by atoms with Crippen LogP contribution in [0, 0.1) is 17.1 Å². The van der Waals surface area contributed by atoms with Crippen molar-refractivity contribution in [2.45, 2.75) is 0 Å². The van der Waals surface area contributed by atoms with Crippen molar-refractivity contribution in [2.75, 3.05) is 11.1 Å². The summed E-state index contributed by atoms with van der Waals surface area (Å²) < 4.78 is 18.8. The minimum absolute atomic E-state index is 0.125. The highest BCUT2D eigenvalue weighted by Crippen LogP contribution is 2.25. The maximum absolute atomic E-state index is 13.0. The molecule has 8 heteroatoms. The van der Waals surface area contributed by atoms with Crippen LogP contribution in [-0.4, -0.2) is 15.0 Å². The van der Waals surface area contributed by atoms with E-state index in [0.717, 1.165) is 11.3 Å². The number of aromatic nitrogens is 3. The van der Waals surface area contributed by atoms with Gasteiger partial charge < -0.3 is 15.8 Å². The fourth-order valence-electron chi connectivity index (χ4n) is 2.82. The van der Waals surface area contributed by atoms with E-state index in [2.05, 4.69) is 20.3 Å². The summed E-state index contributed by atoms with van der Waals surface area (Å²) in [7, 11) is 0. The Morgan fingerprint density at radius 2 is 1.72 bits per heavy atom. The summed E-state index contributed by atoms with van der Waals surface area (Å²) in [6.45, 7) is 0. The van der Waals surface area contributed by atoms with Crippen molar-refractivity contribution in [3.8, 4) is 17.6 Å². The zero-order valence-corrected chi connectivity index (χ0v) is 16.7. The molecule has 2 aromatic heterocycles. The number of nitrogens with one attached hydrogen (secondary N) is 1. The molecule has 0 radical (unpaired) electrons. The van der Waals surface area contributed by atoms with Gasteiger partial charge in [0.2, 0.25) is 5.95 Å². The molecule has 0 saturated carbocycles. The van der Waals surface area contributed by atoms with Gasteiger partial charge in [0, 0.05) is 24.0 Å². The van der Waals surface area contributed by atoms with Gasteiger partial charge in [0.05, 0.1) is 5.69 Å². The standard InChI is InChI=1S/C24H17FN6O/c25-17-4-1-16(2-5-17)3-6-19-14-23(31-24(27)30-19)29-18-7-9-21(10-8-18)32-22-11-12-28-20(13-22)15-26/h1-14H,(H3,27,29,30,31)/b6-3+. The van der Waals surface area contributed by atoms with E-state index in [9.17, 15) is 4.39 Å².